The SMILES string of the molecule is O=S(=O)(NCc1cncs1)c1cccc2ccccc12. The van der Waals surface area contributed by atoms with E-state index < -0.39 is 10.0 Å². The molecule has 3 rings (SSSR count). The summed E-state index contributed by atoms with van der Waals surface area (Å²) in [5.74, 6) is 0. The number of thiazole rings is 1. The molecule has 20 heavy (non-hydrogen) atoms. The Morgan fingerprint density at radius 1 is 1.10 bits per heavy atom. The zero-order valence-corrected chi connectivity index (χ0v) is 12.1. The second kappa shape index (κ2) is 5.32. The number of fused-ring (bicyclic) bond motifs is 1. The van der Waals surface area contributed by atoms with Crippen LogP contribution in [0.5, 0.6) is 0 Å². The van der Waals surface area contributed by atoms with Crippen LogP contribution in [0.4, 0.5) is 0 Å². The first-order valence-corrected chi connectivity index (χ1v) is 8.38. The smallest absolute Gasteiger partial charge is 0.241 e. The Morgan fingerprint density at radius 3 is 2.70 bits per heavy atom. The van der Waals surface area contributed by atoms with E-state index in [1.165, 1.54) is 11.3 Å². The third kappa shape index (κ3) is 2.58. The van der Waals surface area contributed by atoms with Crippen LogP contribution < -0.4 is 4.72 Å². The van der Waals surface area contributed by atoms with E-state index in [1.54, 1.807) is 23.8 Å². The highest BCUT2D eigenvalue weighted by Crippen LogP contribution is 2.22. The van der Waals surface area contributed by atoms with Gasteiger partial charge >= 0.3 is 0 Å². The average Bonchev–Trinajstić information content (AvgIpc) is 2.98. The van der Waals surface area contributed by atoms with Crippen molar-refractivity contribution < 1.29 is 8.42 Å². The van der Waals surface area contributed by atoms with Gasteiger partial charge in [0.2, 0.25) is 10.0 Å². The Morgan fingerprint density at radius 2 is 1.90 bits per heavy atom. The maximum absolute atomic E-state index is 12.4. The average molecular weight is 304 g/mol. The molecule has 2 aromatic carbocycles. The van der Waals surface area contributed by atoms with E-state index in [0.29, 0.717) is 4.90 Å². The third-order valence-corrected chi connectivity index (χ3v) is 5.20. The summed E-state index contributed by atoms with van der Waals surface area (Å²) in [6, 6.07) is 12.7. The lowest BCUT2D eigenvalue weighted by Crippen LogP contribution is -2.23. The maximum Gasteiger partial charge on any atom is 0.241 e. The number of hydrogen-bond acceptors (Lipinski definition) is 4. The van der Waals surface area contributed by atoms with Crippen molar-refractivity contribution in [2.45, 2.75) is 11.4 Å². The first-order chi connectivity index (χ1) is 9.67. The third-order valence-electron chi connectivity index (χ3n) is 2.96. The van der Waals surface area contributed by atoms with E-state index in [2.05, 4.69) is 9.71 Å². The van der Waals surface area contributed by atoms with Crippen LogP contribution in [0, 0.1) is 0 Å². The van der Waals surface area contributed by atoms with Crippen molar-refractivity contribution in [3.63, 3.8) is 0 Å². The number of rotatable bonds is 4. The van der Waals surface area contributed by atoms with Gasteiger partial charge in [0.1, 0.15) is 0 Å². The second-order valence-electron chi connectivity index (χ2n) is 4.27. The highest BCUT2D eigenvalue weighted by atomic mass is 32.2. The molecule has 6 heteroatoms. The van der Waals surface area contributed by atoms with Gasteiger partial charge in [0.15, 0.2) is 0 Å². The lowest BCUT2D eigenvalue weighted by molar-refractivity contribution is 0.582. The van der Waals surface area contributed by atoms with Crippen LogP contribution in [0.25, 0.3) is 10.8 Å². The molecule has 0 aliphatic heterocycles. The second-order valence-corrected chi connectivity index (χ2v) is 6.98. The van der Waals surface area contributed by atoms with Crippen molar-refractivity contribution in [3.05, 3.63) is 59.0 Å². The van der Waals surface area contributed by atoms with Gasteiger partial charge in [-0.25, -0.2) is 13.1 Å². The van der Waals surface area contributed by atoms with Gasteiger partial charge in [-0.2, -0.15) is 0 Å². The van der Waals surface area contributed by atoms with Gasteiger partial charge in [0.05, 0.1) is 10.4 Å². The van der Waals surface area contributed by atoms with E-state index in [9.17, 15) is 8.42 Å². The first-order valence-electron chi connectivity index (χ1n) is 6.01. The van der Waals surface area contributed by atoms with E-state index in [1.807, 2.05) is 30.3 Å². The Kier molecular flexibility index (Phi) is 3.52. The molecular formula is C14H12N2O2S2. The van der Waals surface area contributed by atoms with Crippen LogP contribution in [0.15, 0.2) is 59.1 Å². The minimum absolute atomic E-state index is 0.260. The Labute approximate surface area is 121 Å². The number of aromatic nitrogens is 1. The van der Waals surface area contributed by atoms with Crippen molar-refractivity contribution in [1.29, 1.82) is 0 Å². The fourth-order valence-corrected chi connectivity index (χ4v) is 3.86. The standard InChI is InChI=1S/C14H12N2O2S2/c17-20(18,16-9-12-8-15-10-19-12)14-7-3-5-11-4-1-2-6-13(11)14/h1-8,10,16H,9H2. The zero-order chi connectivity index (χ0) is 14.0. The van der Waals surface area contributed by atoms with Gasteiger partial charge in [-0.1, -0.05) is 36.4 Å². The van der Waals surface area contributed by atoms with Gasteiger partial charge in [-0.3, -0.25) is 4.98 Å². The van der Waals surface area contributed by atoms with Crippen molar-refractivity contribution in [3.8, 4) is 0 Å². The molecule has 102 valence electrons. The highest BCUT2D eigenvalue weighted by Gasteiger charge is 2.16. The minimum Gasteiger partial charge on any atom is -0.253 e. The number of hydrogen-bond donors (Lipinski definition) is 1. The molecule has 0 atom stereocenters. The molecule has 0 saturated heterocycles. The van der Waals surface area contributed by atoms with E-state index in [4.69, 9.17) is 0 Å². The maximum atomic E-state index is 12.4. The summed E-state index contributed by atoms with van der Waals surface area (Å²) in [7, 11) is -3.53. The van der Waals surface area contributed by atoms with Crippen molar-refractivity contribution in [2.75, 3.05) is 0 Å². The molecule has 0 saturated carbocycles. The zero-order valence-electron chi connectivity index (χ0n) is 10.5. The largest absolute Gasteiger partial charge is 0.253 e. The fraction of sp³-hybridized carbons (Fsp3) is 0.0714. The van der Waals surface area contributed by atoms with Crippen LogP contribution in [-0.2, 0) is 16.6 Å². The molecule has 0 fully saturated rings. The molecule has 0 unspecified atom stereocenters. The van der Waals surface area contributed by atoms with Crippen molar-refractivity contribution in [2.24, 2.45) is 0 Å². The number of nitrogens with one attached hydrogen (secondary N) is 1. The lowest BCUT2D eigenvalue weighted by atomic mass is 10.1. The predicted molar refractivity (Wildman–Crippen MR) is 80.1 cm³/mol. The molecule has 0 bridgehead atoms. The molecule has 0 aliphatic carbocycles. The molecule has 4 nitrogen and oxygen atoms in total. The van der Waals surface area contributed by atoms with Gasteiger partial charge in [-0.15, -0.1) is 11.3 Å². The van der Waals surface area contributed by atoms with Crippen LogP contribution in [0.3, 0.4) is 0 Å². The first kappa shape index (κ1) is 13.2. The summed E-state index contributed by atoms with van der Waals surface area (Å²) in [4.78, 5) is 5.12. The predicted octanol–water partition coefficient (Wildman–Crippen LogP) is 2.77. The number of sulfonamides is 1. The quantitative estimate of drug-likeness (QED) is 0.806. The van der Waals surface area contributed by atoms with Crippen LogP contribution in [0.2, 0.25) is 0 Å². The van der Waals surface area contributed by atoms with Gasteiger partial charge < -0.3 is 0 Å². The van der Waals surface area contributed by atoms with Crippen molar-refractivity contribution in [1.82, 2.24) is 9.71 Å². The Hall–Kier alpha value is -1.76. The Balaban J connectivity index is 1.97. The minimum atomic E-state index is -3.53. The summed E-state index contributed by atoms with van der Waals surface area (Å²) >= 11 is 1.42. The lowest BCUT2D eigenvalue weighted by Gasteiger charge is -2.08. The van der Waals surface area contributed by atoms with Crippen LogP contribution in [0.1, 0.15) is 4.88 Å². The van der Waals surface area contributed by atoms with E-state index in [-0.39, 0.29) is 6.54 Å². The Bertz CT molecular complexity index is 822. The van der Waals surface area contributed by atoms with Gasteiger partial charge in [0.25, 0.3) is 0 Å². The van der Waals surface area contributed by atoms with Gasteiger partial charge in [-0.05, 0) is 11.5 Å². The van der Waals surface area contributed by atoms with Gasteiger partial charge in [0, 0.05) is 23.0 Å². The molecule has 1 heterocycles. The van der Waals surface area contributed by atoms with E-state index >= 15 is 0 Å². The molecule has 3 aromatic rings. The topological polar surface area (TPSA) is 59.1 Å². The summed E-state index contributed by atoms with van der Waals surface area (Å²) in [6.45, 7) is 0.260. The molecule has 0 radical (unpaired) electrons. The summed E-state index contributed by atoms with van der Waals surface area (Å²) in [6.07, 6.45) is 1.66. The summed E-state index contributed by atoms with van der Waals surface area (Å²) < 4.78 is 27.4. The summed E-state index contributed by atoms with van der Waals surface area (Å²) in [5.41, 5.74) is 1.68. The molecule has 0 spiro atoms. The molecule has 0 amide bonds. The van der Waals surface area contributed by atoms with E-state index in [0.717, 1.165) is 15.6 Å². The molecule has 1 aromatic heterocycles. The fourth-order valence-electron chi connectivity index (χ4n) is 2.00. The number of benzene rings is 2. The molecule has 1 N–H and O–H groups in total. The molecular weight excluding hydrogens is 292 g/mol. The van der Waals surface area contributed by atoms with Crippen LogP contribution in [-0.4, -0.2) is 13.4 Å². The molecule has 0 aliphatic rings. The summed E-state index contributed by atoms with van der Waals surface area (Å²) in [5, 5.41) is 1.64. The monoisotopic (exact) mass is 304 g/mol. The number of nitrogens with zero attached hydrogens (tertiary/aromatic N) is 1. The highest BCUT2D eigenvalue weighted by molar-refractivity contribution is 7.89. The van der Waals surface area contributed by atoms with Crippen molar-refractivity contribution >= 4 is 32.1 Å². The normalized spacial score (nSPS) is 11.8. The van der Waals surface area contributed by atoms with Crippen LogP contribution >= 0.6 is 11.3 Å².